The van der Waals surface area contributed by atoms with Gasteiger partial charge in [-0.15, -0.1) is 0 Å². The third-order valence-corrected chi connectivity index (χ3v) is 6.41. The SMILES string of the molecule is Cc1cccc(N2CCN(C(=O)c3ccc(C4CCCNC4)cc3)CC2)c1C. The molecule has 2 fully saturated rings. The number of carbonyl (C=O) groups excluding carboxylic acids is 1. The summed E-state index contributed by atoms with van der Waals surface area (Å²) in [5.74, 6) is 0.743. The highest BCUT2D eigenvalue weighted by Crippen LogP contribution is 2.25. The minimum absolute atomic E-state index is 0.161. The quantitative estimate of drug-likeness (QED) is 0.885. The summed E-state index contributed by atoms with van der Waals surface area (Å²) in [5, 5.41) is 3.47. The van der Waals surface area contributed by atoms with Crippen molar-refractivity contribution < 1.29 is 4.79 Å². The van der Waals surface area contributed by atoms with Gasteiger partial charge in [-0.3, -0.25) is 4.79 Å². The minimum Gasteiger partial charge on any atom is -0.368 e. The first kappa shape index (κ1) is 19.0. The number of anilines is 1. The van der Waals surface area contributed by atoms with Crippen LogP contribution in [0.15, 0.2) is 42.5 Å². The number of rotatable bonds is 3. The molecule has 0 bridgehead atoms. The van der Waals surface area contributed by atoms with Crippen molar-refractivity contribution in [1.29, 1.82) is 0 Å². The molecule has 2 heterocycles. The van der Waals surface area contributed by atoms with E-state index in [0.717, 1.165) is 44.8 Å². The molecule has 148 valence electrons. The molecule has 1 N–H and O–H groups in total. The van der Waals surface area contributed by atoms with Gasteiger partial charge in [0.2, 0.25) is 0 Å². The second-order valence-electron chi connectivity index (χ2n) is 8.16. The molecule has 2 aliphatic heterocycles. The number of piperidine rings is 1. The Kier molecular flexibility index (Phi) is 5.67. The van der Waals surface area contributed by atoms with Crippen LogP contribution in [0.4, 0.5) is 5.69 Å². The number of nitrogens with one attached hydrogen (secondary N) is 1. The molecule has 1 amide bonds. The van der Waals surface area contributed by atoms with Crippen molar-refractivity contribution in [3.05, 3.63) is 64.7 Å². The summed E-state index contributed by atoms with van der Waals surface area (Å²) in [4.78, 5) is 17.4. The van der Waals surface area contributed by atoms with Crippen molar-refractivity contribution in [2.75, 3.05) is 44.2 Å². The van der Waals surface area contributed by atoms with Crippen LogP contribution in [0.1, 0.15) is 45.8 Å². The van der Waals surface area contributed by atoms with E-state index in [1.165, 1.54) is 35.2 Å². The summed E-state index contributed by atoms with van der Waals surface area (Å²) in [6.07, 6.45) is 2.47. The molecule has 4 nitrogen and oxygen atoms in total. The highest BCUT2D eigenvalue weighted by Gasteiger charge is 2.23. The zero-order chi connectivity index (χ0) is 19.5. The summed E-state index contributed by atoms with van der Waals surface area (Å²) in [6, 6.07) is 14.8. The smallest absolute Gasteiger partial charge is 0.253 e. The van der Waals surface area contributed by atoms with E-state index in [1.54, 1.807) is 0 Å². The van der Waals surface area contributed by atoms with Crippen molar-refractivity contribution in [3.63, 3.8) is 0 Å². The Labute approximate surface area is 168 Å². The van der Waals surface area contributed by atoms with Crippen molar-refractivity contribution >= 4 is 11.6 Å². The third kappa shape index (κ3) is 3.93. The second kappa shape index (κ2) is 8.36. The molecule has 0 saturated carbocycles. The van der Waals surface area contributed by atoms with Crippen LogP contribution >= 0.6 is 0 Å². The molecule has 0 spiro atoms. The lowest BCUT2D eigenvalue weighted by molar-refractivity contribution is 0.0746. The molecule has 2 aliphatic rings. The first-order valence-electron chi connectivity index (χ1n) is 10.5. The van der Waals surface area contributed by atoms with E-state index in [0.29, 0.717) is 5.92 Å². The summed E-state index contributed by atoms with van der Waals surface area (Å²) < 4.78 is 0. The van der Waals surface area contributed by atoms with Crippen molar-refractivity contribution in [2.45, 2.75) is 32.6 Å². The number of aryl methyl sites for hydroxylation is 1. The Hall–Kier alpha value is -2.33. The first-order valence-corrected chi connectivity index (χ1v) is 10.5. The third-order valence-electron chi connectivity index (χ3n) is 6.41. The molecular formula is C24H31N3O. The zero-order valence-corrected chi connectivity index (χ0v) is 17.1. The Morgan fingerprint density at radius 1 is 1.00 bits per heavy atom. The molecule has 2 saturated heterocycles. The van der Waals surface area contributed by atoms with E-state index < -0.39 is 0 Å². The number of benzene rings is 2. The first-order chi connectivity index (χ1) is 13.6. The Bertz CT molecular complexity index is 816. The zero-order valence-electron chi connectivity index (χ0n) is 17.1. The largest absolute Gasteiger partial charge is 0.368 e. The molecule has 0 radical (unpaired) electrons. The van der Waals surface area contributed by atoms with Gasteiger partial charge in [0.05, 0.1) is 0 Å². The van der Waals surface area contributed by atoms with Gasteiger partial charge in [-0.1, -0.05) is 24.3 Å². The average Bonchev–Trinajstić information content (AvgIpc) is 2.76. The van der Waals surface area contributed by atoms with Crippen molar-refractivity contribution in [1.82, 2.24) is 10.2 Å². The van der Waals surface area contributed by atoms with Gasteiger partial charge in [0, 0.05) is 44.0 Å². The van der Waals surface area contributed by atoms with Crippen LogP contribution in [-0.4, -0.2) is 50.1 Å². The number of amides is 1. The molecule has 28 heavy (non-hydrogen) atoms. The van der Waals surface area contributed by atoms with E-state index in [9.17, 15) is 4.79 Å². The number of carbonyl (C=O) groups is 1. The van der Waals surface area contributed by atoms with Gasteiger partial charge in [0.1, 0.15) is 0 Å². The molecule has 1 unspecified atom stereocenters. The number of hydrogen-bond donors (Lipinski definition) is 1. The predicted octanol–water partition coefficient (Wildman–Crippen LogP) is 3.73. The lowest BCUT2D eigenvalue weighted by atomic mass is 9.91. The van der Waals surface area contributed by atoms with Gasteiger partial charge in [0.15, 0.2) is 0 Å². The van der Waals surface area contributed by atoms with Gasteiger partial charge in [-0.2, -0.15) is 0 Å². The Balaban J connectivity index is 1.38. The minimum atomic E-state index is 0.161. The maximum atomic E-state index is 12.9. The average molecular weight is 378 g/mol. The van der Waals surface area contributed by atoms with E-state index in [1.807, 2.05) is 17.0 Å². The summed E-state index contributed by atoms with van der Waals surface area (Å²) >= 11 is 0. The van der Waals surface area contributed by atoms with Gasteiger partial charge < -0.3 is 15.1 Å². The number of nitrogens with zero attached hydrogens (tertiary/aromatic N) is 2. The van der Waals surface area contributed by atoms with Crippen LogP contribution in [0.25, 0.3) is 0 Å². The highest BCUT2D eigenvalue weighted by molar-refractivity contribution is 5.94. The van der Waals surface area contributed by atoms with Crippen molar-refractivity contribution in [3.8, 4) is 0 Å². The van der Waals surface area contributed by atoms with Crippen molar-refractivity contribution in [2.24, 2.45) is 0 Å². The Morgan fingerprint density at radius 3 is 2.43 bits per heavy atom. The summed E-state index contributed by atoms with van der Waals surface area (Å²) in [6.45, 7) is 9.86. The standard InChI is InChI=1S/C24H31N3O/c1-18-5-3-7-23(19(18)2)26-13-15-27(16-14-26)24(28)21-10-8-20(9-11-21)22-6-4-12-25-17-22/h3,5,7-11,22,25H,4,6,12-17H2,1-2H3. The fraction of sp³-hybridized carbons (Fsp3) is 0.458. The molecular weight excluding hydrogens is 346 g/mol. The van der Waals surface area contributed by atoms with Crippen LogP contribution < -0.4 is 10.2 Å². The molecule has 2 aromatic carbocycles. The number of hydrogen-bond acceptors (Lipinski definition) is 3. The van der Waals surface area contributed by atoms with Gasteiger partial charge in [0.25, 0.3) is 5.91 Å². The second-order valence-corrected chi connectivity index (χ2v) is 8.16. The molecule has 0 aliphatic carbocycles. The molecule has 1 atom stereocenters. The van der Waals surface area contributed by atoms with E-state index >= 15 is 0 Å². The molecule has 2 aromatic rings. The van der Waals surface area contributed by atoms with E-state index in [4.69, 9.17) is 0 Å². The molecule has 0 aromatic heterocycles. The summed E-state index contributed by atoms with van der Waals surface area (Å²) in [7, 11) is 0. The fourth-order valence-electron chi connectivity index (χ4n) is 4.45. The van der Waals surface area contributed by atoms with E-state index in [-0.39, 0.29) is 5.91 Å². The predicted molar refractivity (Wildman–Crippen MR) is 115 cm³/mol. The van der Waals surface area contributed by atoms with Crippen LogP contribution in [0.3, 0.4) is 0 Å². The maximum absolute atomic E-state index is 12.9. The Morgan fingerprint density at radius 2 is 1.75 bits per heavy atom. The van der Waals surface area contributed by atoms with Crippen LogP contribution in [0.2, 0.25) is 0 Å². The monoisotopic (exact) mass is 377 g/mol. The lowest BCUT2D eigenvalue weighted by Gasteiger charge is -2.37. The van der Waals surface area contributed by atoms with Crippen LogP contribution in [0, 0.1) is 13.8 Å². The normalized spacial score (nSPS) is 20.3. The van der Waals surface area contributed by atoms with Gasteiger partial charge >= 0.3 is 0 Å². The maximum Gasteiger partial charge on any atom is 0.253 e. The molecule has 4 heteroatoms. The van der Waals surface area contributed by atoms with Crippen LogP contribution in [0.5, 0.6) is 0 Å². The highest BCUT2D eigenvalue weighted by atomic mass is 16.2. The van der Waals surface area contributed by atoms with Crippen LogP contribution in [-0.2, 0) is 0 Å². The lowest BCUT2D eigenvalue weighted by Crippen LogP contribution is -2.49. The summed E-state index contributed by atoms with van der Waals surface area (Å²) in [5.41, 5.74) is 6.13. The van der Waals surface area contributed by atoms with Gasteiger partial charge in [-0.25, -0.2) is 0 Å². The topological polar surface area (TPSA) is 35.6 Å². The number of piperazine rings is 1. The molecule has 4 rings (SSSR count). The van der Waals surface area contributed by atoms with E-state index in [2.05, 4.69) is 54.4 Å². The fourth-order valence-corrected chi connectivity index (χ4v) is 4.45. The van der Waals surface area contributed by atoms with Gasteiger partial charge in [-0.05, 0) is 74.0 Å².